The molecule has 11 rings (SSSR count). The topological polar surface area (TPSA) is 34.2 Å². The van der Waals surface area contributed by atoms with Crippen LogP contribution < -0.4 is 5.32 Å². The largest absolute Gasteiger partial charge is 0.344 e. The molecule has 1 N–H and O–H groups in total. The highest BCUT2D eigenvalue weighted by Crippen LogP contribution is 2.47. The molecule has 0 spiro atoms. The lowest BCUT2D eigenvalue weighted by Gasteiger charge is -2.28. The zero-order valence-corrected chi connectivity index (χ0v) is 27.1. The predicted molar refractivity (Wildman–Crippen MR) is 209 cm³/mol. The number of hydrogen-bond donors (Lipinski definition) is 1. The molecule has 3 heterocycles. The number of hydrogen-bond acceptors (Lipinski definition) is 2. The summed E-state index contributed by atoms with van der Waals surface area (Å²) >= 11 is 0. The average Bonchev–Trinajstić information content (AvgIpc) is 3.72. The molecular formula is C46H30N4. The molecule has 1 aliphatic rings. The van der Waals surface area contributed by atoms with E-state index >= 15 is 0 Å². The molecule has 0 radical (unpaired) electrons. The van der Waals surface area contributed by atoms with Crippen LogP contribution in [0.3, 0.4) is 0 Å². The predicted octanol–water partition coefficient (Wildman–Crippen LogP) is 11.4. The highest BCUT2D eigenvalue weighted by molar-refractivity contribution is 6.40. The second kappa shape index (κ2) is 10.4. The van der Waals surface area contributed by atoms with Gasteiger partial charge in [-0.3, -0.25) is 4.57 Å². The van der Waals surface area contributed by atoms with E-state index in [-0.39, 0.29) is 6.04 Å². The third-order valence-corrected chi connectivity index (χ3v) is 10.5. The molecule has 0 aliphatic carbocycles. The van der Waals surface area contributed by atoms with Crippen molar-refractivity contribution in [2.24, 2.45) is 4.99 Å². The number of nitrogens with zero attached hydrogens (tertiary/aromatic N) is 3. The second-order valence-corrected chi connectivity index (χ2v) is 13.2. The summed E-state index contributed by atoms with van der Waals surface area (Å²) < 4.78 is 4.80. The third kappa shape index (κ3) is 3.73. The maximum absolute atomic E-state index is 5.31. The SMILES string of the molecule is c1ccc(C2NC(n3c4ccccc4c4c5c(ccc43)c3ccccc3c3c5c4ccccc4n3-c3ccccc3)=Nc3ccccc32)cc1. The molecule has 0 saturated heterocycles. The first-order valence-electron chi connectivity index (χ1n) is 17.2. The van der Waals surface area contributed by atoms with Crippen LogP contribution in [0.5, 0.6) is 0 Å². The molecule has 234 valence electrons. The van der Waals surface area contributed by atoms with Crippen LogP contribution in [-0.4, -0.2) is 15.1 Å². The molecule has 0 amide bonds. The van der Waals surface area contributed by atoms with Gasteiger partial charge in [0, 0.05) is 43.6 Å². The molecule has 1 aliphatic heterocycles. The number of rotatable bonds is 2. The number of benzene rings is 8. The summed E-state index contributed by atoms with van der Waals surface area (Å²) in [7, 11) is 0. The van der Waals surface area contributed by atoms with Crippen molar-refractivity contribution in [1.29, 1.82) is 0 Å². The Morgan fingerprint density at radius 1 is 0.420 bits per heavy atom. The smallest absolute Gasteiger partial charge is 0.209 e. The summed E-state index contributed by atoms with van der Waals surface area (Å²) in [5.41, 5.74) is 9.22. The minimum absolute atomic E-state index is 0.0314. The van der Waals surface area contributed by atoms with Crippen LogP contribution in [0.15, 0.2) is 175 Å². The Hall–Kier alpha value is -6.65. The lowest BCUT2D eigenvalue weighted by Crippen LogP contribution is -2.36. The van der Waals surface area contributed by atoms with Gasteiger partial charge in [-0.15, -0.1) is 0 Å². The van der Waals surface area contributed by atoms with Gasteiger partial charge < -0.3 is 9.88 Å². The Morgan fingerprint density at radius 2 is 1.02 bits per heavy atom. The quantitative estimate of drug-likeness (QED) is 0.188. The van der Waals surface area contributed by atoms with Crippen molar-refractivity contribution in [3.05, 3.63) is 181 Å². The molecular weight excluding hydrogens is 609 g/mol. The maximum atomic E-state index is 5.31. The van der Waals surface area contributed by atoms with Crippen molar-refractivity contribution in [1.82, 2.24) is 14.5 Å². The first kappa shape index (κ1) is 27.3. The molecule has 0 bridgehead atoms. The first-order valence-corrected chi connectivity index (χ1v) is 17.2. The molecule has 1 atom stereocenters. The molecule has 50 heavy (non-hydrogen) atoms. The van der Waals surface area contributed by atoms with Crippen LogP contribution in [0.1, 0.15) is 17.2 Å². The fourth-order valence-corrected chi connectivity index (χ4v) is 8.50. The zero-order valence-electron chi connectivity index (χ0n) is 27.1. The van der Waals surface area contributed by atoms with Crippen LogP contribution >= 0.6 is 0 Å². The van der Waals surface area contributed by atoms with Crippen LogP contribution in [0, 0.1) is 0 Å². The molecule has 1 unspecified atom stereocenters. The van der Waals surface area contributed by atoms with Crippen LogP contribution in [0.25, 0.3) is 70.8 Å². The molecule has 8 aromatic carbocycles. The van der Waals surface area contributed by atoms with Crippen molar-refractivity contribution in [3.8, 4) is 5.69 Å². The van der Waals surface area contributed by atoms with Crippen molar-refractivity contribution >= 4 is 76.8 Å². The molecule has 0 saturated carbocycles. The van der Waals surface area contributed by atoms with Crippen LogP contribution in [-0.2, 0) is 0 Å². The Kier molecular flexibility index (Phi) is 5.69. The monoisotopic (exact) mass is 638 g/mol. The van der Waals surface area contributed by atoms with E-state index in [2.05, 4.69) is 184 Å². The van der Waals surface area contributed by atoms with E-state index < -0.39 is 0 Å². The van der Waals surface area contributed by atoms with E-state index in [1.54, 1.807) is 0 Å². The molecule has 4 nitrogen and oxygen atoms in total. The lowest BCUT2D eigenvalue weighted by atomic mass is 9.93. The van der Waals surface area contributed by atoms with E-state index in [1.807, 2.05) is 0 Å². The van der Waals surface area contributed by atoms with Crippen molar-refractivity contribution in [2.75, 3.05) is 0 Å². The summed E-state index contributed by atoms with van der Waals surface area (Å²) in [6.07, 6.45) is 0. The summed E-state index contributed by atoms with van der Waals surface area (Å²) in [6, 6.07) is 61.1. The van der Waals surface area contributed by atoms with Crippen molar-refractivity contribution in [2.45, 2.75) is 6.04 Å². The summed E-state index contributed by atoms with van der Waals surface area (Å²) in [6.45, 7) is 0. The second-order valence-electron chi connectivity index (χ2n) is 13.2. The maximum Gasteiger partial charge on any atom is 0.209 e. The number of para-hydroxylation sites is 4. The van der Waals surface area contributed by atoms with Gasteiger partial charge in [0.25, 0.3) is 0 Å². The van der Waals surface area contributed by atoms with Gasteiger partial charge in [0.15, 0.2) is 0 Å². The molecule has 0 fully saturated rings. The number of aliphatic imine (C=N–C) groups is 1. The van der Waals surface area contributed by atoms with E-state index in [9.17, 15) is 0 Å². The molecule has 10 aromatic rings. The van der Waals surface area contributed by atoms with Crippen molar-refractivity contribution in [3.63, 3.8) is 0 Å². The van der Waals surface area contributed by atoms with Gasteiger partial charge in [-0.25, -0.2) is 4.99 Å². The van der Waals surface area contributed by atoms with Gasteiger partial charge in [-0.05, 0) is 52.7 Å². The van der Waals surface area contributed by atoms with Gasteiger partial charge in [-0.1, -0.05) is 133 Å². The van der Waals surface area contributed by atoms with E-state index in [0.717, 1.165) is 28.4 Å². The highest BCUT2D eigenvalue weighted by atomic mass is 15.2. The van der Waals surface area contributed by atoms with Gasteiger partial charge in [0.05, 0.1) is 33.8 Å². The Labute approximate surface area is 288 Å². The lowest BCUT2D eigenvalue weighted by molar-refractivity contribution is 0.731. The third-order valence-electron chi connectivity index (χ3n) is 10.5. The summed E-state index contributed by atoms with van der Waals surface area (Å²) in [4.78, 5) is 5.31. The Morgan fingerprint density at radius 3 is 1.80 bits per heavy atom. The van der Waals surface area contributed by atoms with E-state index in [0.29, 0.717) is 0 Å². The van der Waals surface area contributed by atoms with Crippen LogP contribution in [0.4, 0.5) is 5.69 Å². The first-order chi connectivity index (χ1) is 24.8. The standard InChI is InChI=1S/C46H30N4/c1-3-15-29(16-4-1)44-34-21-9-12-24-37(34)47-46(48-44)50-39-26-14-10-22-35(39)41-40(50)28-27-32-31-19-7-8-20-33(31)45-43(42(32)41)36-23-11-13-25-38(36)49(45)30-17-5-2-6-18-30/h1-28,44H,(H,47,48). The molecule has 2 aromatic heterocycles. The summed E-state index contributed by atoms with van der Waals surface area (Å²) in [5.74, 6) is 0.826. The minimum atomic E-state index is -0.0314. The van der Waals surface area contributed by atoms with E-state index in [4.69, 9.17) is 4.99 Å². The van der Waals surface area contributed by atoms with Gasteiger partial charge in [0.1, 0.15) is 0 Å². The molecule has 4 heteroatoms. The number of nitrogens with one attached hydrogen (secondary N) is 1. The Balaban J connectivity index is 1.32. The van der Waals surface area contributed by atoms with Crippen molar-refractivity contribution < 1.29 is 0 Å². The number of aromatic nitrogens is 2. The fraction of sp³-hybridized carbons (Fsp3) is 0.0217. The highest BCUT2D eigenvalue weighted by Gasteiger charge is 2.28. The average molecular weight is 639 g/mol. The summed E-state index contributed by atoms with van der Waals surface area (Å²) in [5, 5.41) is 13.9. The normalized spacial score (nSPS) is 14.5. The van der Waals surface area contributed by atoms with Crippen LogP contribution in [0.2, 0.25) is 0 Å². The minimum Gasteiger partial charge on any atom is -0.344 e. The number of fused-ring (bicyclic) bond motifs is 13. The zero-order chi connectivity index (χ0) is 32.8. The van der Waals surface area contributed by atoms with E-state index in [1.165, 1.54) is 65.3 Å². The fourth-order valence-electron chi connectivity index (χ4n) is 8.50. The van der Waals surface area contributed by atoms with Gasteiger partial charge in [0.2, 0.25) is 5.96 Å². The Bertz CT molecular complexity index is 3000. The van der Waals surface area contributed by atoms with Gasteiger partial charge >= 0.3 is 0 Å². The van der Waals surface area contributed by atoms with Gasteiger partial charge in [-0.2, -0.15) is 0 Å².